The van der Waals surface area contributed by atoms with Gasteiger partial charge in [0, 0.05) is 36.7 Å². The van der Waals surface area contributed by atoms with Gasteiger partial charge in [-0.05, 0) is 18.6 Å². The highest BCUT2D eigenvalue weighted by Crippen LogP contribution is 2.34. The fourth-order valence-electron chi connectivity index (χ4n) is 3.49. The molecule has 116 valence electrons. The molecule has 1 amide bonds. The Morgan fingerprint density at radius 1 is 1.43 bits per heavy atom. The van der Waals surface area contributed by atoms with Crippen molar-refractivity contribution in [1.82, 2.24) is 14.5 Å². The molecule has 4 nitrogen and oxygen atoms in total. The van der Waals surface area contributed by atoms with Crippen molar-refractivity contribution in [3.63, 3.8) is 0 Å². The van der Waals surface area contributed by atoms with Crippen LogP contribution in [0.25, 0.3) is 0 Å². The van der Waals surface area contributed by atoms with Gasteiger partial charge in [-0.15, -0.1) is 12.3 Å². The summed E-state index contributed by atoms with van der Waals surface area (Å²) in [5, 5.41) is 0. The maximum Gasteiger partial charge on any atom is 0.255 e. The van der Waals surface area contributed by atoms with Gasteiger partial charge in [0.05, 0.1) is 18.3 Å². The van der Waals surface area contributed by atoms with Gasteiger partial charge in [0.2, 0.25) is 0 Å². The highest BCUT2D eigenvalue weighted by atomic mass is 19.1. The molecule has 2 aromatic rings. The minimum absolute atomic E-state index is 0.173. The number of aryl methyl sites for hydroxylation is 2. The molecule has 1 unspecified atom stereocenters. The van der Waals surface area contributed by atoms with Crippen LogP contribution >= 0.6 is 0 Å². The van der Waals surface area contributed by atoms with E-state index in [1.54, 1.807) is 17.0 Å². The molecule has 5 heteroatoms. The number of amides is 1. The second-order valence-electron chi connectivity index (χ2n) is 6.00. The Hall–Kier alpha value is -2.61. The summed E-state index contributed by atoms with van der Waals surface area (Å²) in [4.78, 5) is 19.0. The molecule has 1 atom stereocenters. The molecule has 0 radical (unpaired) electrons. The monoisotopic (exact) mass is 309 g/mol. The summed E-state index contributed by atoms with van der Waals surface area (Å²) >= 11 is 0. The average molecular weight is 309 g/mol. The maximum atomic E-state index is 14.0. The fourth-order valence-corrected chi connectivity index (χ4v) is 3.49. The molecular weight excluding hydrogens is 293 g/mol. The molecule has 2 aliphatic rings. The summed E-state index contributed by atoms with van der Waals surface area (Å²) in [7, 11) is 0. The van der Waals surface area contributed by atoms with Crippen LogP contribution < -0.4 is 0 Å². The predicted octanol–water partition coefficient (Wildman–Crippen LogP) is 2.69. The Kier molecular flexibility index (Phi) is 3.19. The third-order valence-corrected chi connectivity index (χ3v) is 4.64. The summed E-state index contributed by atoms with van der Waals surface area (Å²) in [6.07, 6.45) is 9.91. The number of imidazole rings is 1. The van der Waals surface area contributed by atoms with Gasteiger partial charge < -0.3 is 9.47 Å². The molecule has 23 heavy (non-hydrogen) atoms. The zero-order valence-electron chi connectivity index (χ0n) is 12.6. The largest absolute Gasteiger partial charge is 0.335 e. The summed E-state index contributed by atoms with van der Waals surface area (Å²) < 4.78 is 16.1. The molecule has 2 aliphatic heterocycles. The van der Waals surface area contributed by atoms with Crippen LogP contribution in [0.4, 0.5) is 4.39 Å². The number of terminal acetylenes is 1. The van der Waals surface area contributed by atoms with E-state index in [4.69, 9.17) is 6.42 Å². The molecule has 1 aromatic carbocycles. The topological polar surface area (TPSA) is 38.1 Å². The highest BCUT2D eigenvalue weighted by Gasteiger charge is 2.36. The Morgan fingerprint density at radius 3 is 3.04 bits per heavy atom. The van der Waals surface area contributed by atoms with E-state index < -0.39 is 0 Å². The summed E-state index contributed by atoms with van der Waals surface area (Å²) in [6.45, 7) is 1.20. The quantitative estimate of drug-likeness (QED) is 0.818. The number of aromatic nitrogens is 2. The molecule has 1 aromatic heterocycles. The van der Waals surface area contributed by atoms with Gasteiger partial charge in [-0.25, -0.2) is 9.37 Å². The zero-order valence-corrected chi connectivity index (χ0v) is 12.6. The Labute approximate surface area is 133 Å². The minimum atomic E-state index is -0.342. The first-order chi connectivity index (χ1) is 11.2. The molecule has 0 aliphatic carbocycles. The second kappa shape index (κ2) is 5.24. The molecule has 0 fully saturated rings. The minimum Gasteiger partial charge on any atom is -0.335 e. The van der Waals surface area contributed by atoms with Crippen molar-refractivity contribution in [1.29, 1.82) is 0 Å². The zero-order chi connectivity index (χ0) is 16.0. The van der Waals surface area contributed by atoms with Crippen molar-refractivity contribution in [2.45, 2.75) is 38.4 Å². The van der Waals surface area contributed by atoms with Crippen molar-refractivity contribution < 1.29 is 9.18 Å². The van der Waals surface area contributed by atoms with E-state index in [9.17, 15) is 9.18 Å². The van der Waals surface area contributed by atoms with Crippen LogP contribution in [-0.2, 0) is 19.5 Å². The van der Waals surface area contributed by atoms with E-state index >= 15 is 0 Å². The number of carbonyl (C=O) groups is 1. The van der Waals surface area contributed by atoms with Gasteiger partial charge in [0.15, 0.2) is 0 Å². The molecule has 0 saturated carbocycles. The highest BCUT2D eigenvalue weighted by molar-refractivity contribution is 5.98. The third-order valence-electron chi connectivity index (χ3n) is 4.64. The first-order valence-corrected chi connectivity index (χ1v) is 7.77. The molecule has 0 spiro atoms. The van der Waals surface area contributed by atoms with E-state index in [-0.39, 0.29) is 24.3 Å². The smallest absolute Gasteiger partial charge is 0.255 e. The Balaban J connectivity index is 1.70. The standard InChI is InChI=1S/C18H16FN3O/c1-2-5-16(15-11-21-9-4-8-17(21)20-15)22-10-13-12(18(22)23)6-3-7-14(13)19/h1,3,6-7,11,16H,4-5,8-10H2. The van der Waals surface area contributed by atoms with Crippen LogP contribution in [0.3, 0.4) is 0 Å². The second-order valence-corrected chi connectivity index (χ2v) is 6.00. The van der Waals surface area contributed by atoms with Crippen molar-refractivity contribution in [2.75, 3.05) is 0 Å². The van der Waals surface area contributed by atoms with Crippen LogP contribution in [0, 0.1) is 18.2 Å². The van der Waals surface area contributed by atoms with Crippen molar-refractivity contribution in [3.05, 3.63) is 52.9 Å². The summed E-state index contributed by atoms with van der Waals surface area (Å²) in [6, 6.07) is 4.31. The van der Waals surface area contributed by atoms with Crippen LogP contribution in [0.15, 0.2) is 24.4 Å². The van der Waals surface area contributed by atoms with E-state index in [0.717, 1.165) is 30.9 Å². The van der Waals surface area contributed by atoms with E-state index in [0.29, 0.717) is 17.5 Å². The van der Waals surface area contributed by atoms with Gasteiger partial charge in [-0.2, -0.15) is 0 Å². The predicted molar refractivity (Wildman–Crippen MR) is 83.0 cm³/mol. The first kappa shape index (κ1) is 14.0. The van der Waals surface area contributed by atoms with Gasteiger partial charge in [-0.3, -0.25) is 4.79 Å². The lowest BCUT2D eigenvalue weighted by Gasteiger charge is -2.25. The average Bonchev–Trinajstić information content (AvgIpc) is 3.20. The number of carbonyl (C=O) groups excluding carboxylic acids is 1. The van der Waals surface area contributed by atoms with Crippen LogP contribution in [-0.4, -0.2) is 20.4 Å². The molecule has 0 saturated heterocycles. The van der Waals surface area contributed by atoms with Gasteiger partial charge >= 0.3 is 0 Å². The number of nitrogens with zero attached hydrogens (tertiary/aromatic N) is 3. The number of halogens is 1. The van der Waals surface area contributed by atoms with Crippen LogP contribution in [0.2, 0.25) is 0 Å². The SMILES string of the molecule is C#CCC(c1cn2c(n1)CCC2)N1Cc2c(F)cccc2C1=O. The number of hydrogen-bond donors (Lipinski definition) is 0. The van der Waals surface area contributed by atoms with Crippen molar-refractivity contribution in [3.8, 4) is 12.3 Å². The lowest BCUT2D eigenvalue weighted by molar-refractivity contribution is 0.0700. The van der Waals surface area contributed by atoms with Crippen molar-refractivity contribution in [2.24, 2.45) is 0 Å². The van der Waals surface area contributed by atoms with E-state index in [1.165, 1.54) is 6.07 Å². The van der Waals surface area contributed by atoms with Crippen LogP contribution in [0.5, 0.6) is 0 Å². The van der Waals surface area contributed by atoms with E-state index in [1.807, 2.05) is 6.20 Å². The summed E-state index contributed by atoms with van der Waals surface area (Å²) in [5.41, 5.74) is 1.68. The number of fused-ring (bicyclic) bond motifs is 2. The maximum absolute atomic E-state index is 14.0. The number of rotatable bonds is 3. The molecule has 0 bridgehead atoms. The van der Waals surface area contributed by atoms with Crippen LogP contribution in [0.1, 0.15) is 46.3 Å². The molecular formula is C18H16FN3O. The normalized spacial score (nSPS) is 17.0. The first-order valence-electron chi connectivity index (χ1n) is 7.77. The fraction of sp³-hybridized carbons (Fsp3) is 0.333. The summed E-state index contributed by atoms with van der Waals surface area (Å²) in [5.74, 6) is 3.16. The Morgan fingerprint density at radius 2 is 2.30 bits per heavy atom. The molecule has 3 heterocycles. The number of benzene rings is 1. The molecule has 4 rings (SSSR count). The van der Waals surface area contributed by atoms with E-state index in [2.05, 4.69) is 15.5 Å². The number of hydrogen-bond acceptors (Lipinski definition) is 2. The van der Waals surface area contributed by atoms with Crippen molar-refractivity contribution >= 4 is 5.91 Å². The lowest BCUT2D eigenvalue weighted by Crippen LogP contribution is -2.29. The molecule has 0 N–H and O–H groups in total. The Bertz CT molecular complexity index is 812. The third kappa shape index (κ3) is 2.14. The lowest BCUT2D eigenvalue weighted by atomic mass is 10.1. The van der Waals surface area contributed by atoms with Gasteiger partial charge in [0.25, 0.3) is 5.91 Å². The van der Waals surface area contributed by atoms with Gasteiger partial charge in [0.1, 0.15) is 11.6 Å². The van der Waals surface area contributed by atoms with Gasteiger partial charge in [-0.1, -0.05) is 6.07 Å².